The first-order chi connectivity index (χ1) is 11.7. The van der Waals surface area contributed by atoms with Gasteiger partial charge in [-0.15, -0.1) is 0 Å². The zero-order valence-corrected chi connectivity index (χ0v) is 14.0. The number of aliphatic hydroxyl groups excluding tert-OH is 1. The van der Waals surface area contributed by atoms with E-state index >= 15 is 0 Å². The highest BCUT2D eigenvalue weighted by molar-refractivity contribution is 5.75. The lowest BCUT2D eigenvalue weighted by atomic mass is 9.82. The van der Waals surface area contributed by atoms with E-state index in [1.54, 1.807) is 0 Å². The summed E-state index contributed by atoms with van der Waals surface area (Å²) < 4.78 is 5.91. The molecule has 2 N–H and O–H groups in total. The van der Waals surface area contributed by atoms with Gasteiger partial charge in [0.05, 0.1) is 11.7 Å². The molecule has 2 fully saturated rings. The van der Waals surface area contributed by atoms with Crippen LogP contribution in [0.2, 0.25) is 0 Å². The van der Waals surface area contributed by atoms with Crippen LogP contribution in [-0.2, 0) is 17.6 Å². The van der Waals surface area contributed by atoms with E-state index in [2.05, 4.69) is 29.6 Å². The number of piperidine rings is 1. The van der Waals surface area contributed by atoms with Gasteiger partial charge in [0.15, 0.2) is 0 Å². The second-order valence-corrected chi connectivity index (χ2v) is 7.38. The fourth-order valence-electron chi connectivity index (χ4n) is 4.40. The third kappa shape index (κ3) is 2.91. The number of likely N-dealkylation sites (tertiary alicyclic amines) is 1. The number of aliphatic hydroxyl groups is 1. The molecule has 2 amide bonds. The molecule has 1 unspecified atom stereocenters. The summed E-state index contributed by atoms with van der Waals surface area (Å²) in [4.78, 5) is 14.4. The van der Waals surface area contributed by atoms with Gasteiger partial charge in [-0.05, 0) is 49.7 Å². The van der Waals surface area contributed by atoms with Crippen LogP contribution < -0.4 is 5.32 Å². The molecule has 2 aliphatic heterocycles. The van der Waals surface area contributed by atoms with Gasteiger partial charge in [-0.3, -0.25) is 0 Å². The maximum atomic E-state index is 12.6. The number of hydrogen-bond acceptors (Lipinski definition) is 3. The summed E-state index contributed by atoms with van der Waals surface area (Å²) in [6.45, 7) is 2.04. The van der Waals surface area contributed by atoms with E-state index < -0.39 is 5.60 Å². The van der Waals surface area contributed by atoms with E-state index in [1.165, 1.54) is 11.1 Å². The highest BCUT2D eigenvalue weighted by Gasteiger charge is 2.44. The van der Waals surface area contributed by atoms with E-state index in [-0.39, 0.29) is 18.2 Å². The van der Waals surface area contributed by atoms with Gasteiger partial charge in [0, 0.05) is 25.7 Å². The quantitative estimate of drug-likeness (QED) is 0.826. The van der Waals surface area contributed by atoms with Crippen LogP contribution in [0.4, 0.5) is 4.79 Å². The third-order valence-electron chi connectivity index (χ3n) is 5.89. The predicted octanol–water partition coefficient (Wildman–Crippen LogP) is 1.87. The van der Waals surface area contributed by atoms with Gasteiger partial charge < -0.3 is 20.1 Å². The minimum atomic E-state index is -0.418. The average Bonchev–Trinajstić information content (AvgIpc) is 3.00. The van der Waals surface area contributed by atoms with E-state index in [4.69, 9.17) is 4.74 Å². The first-order valence-corrected chi connectivity index (χ1v) is 9.10. The number of rotatable bonds is 1. The smallest absolute Gasteiger partial charge is 0.317 e. The molecule has 1 aromatic carbocycles. The van der Waals surface area contributed by atoms with Crippen LogP contribution in [0, 0.1) is 0 Å². The van der Waals surface area contributed by atoms with Crippen molar-refractivity contribution in [1.82, 2.24) is 10.2 Å². The molecule has 2 saturated heterocycles. The predicted molar refractivity (Wildman–Crippen MR) is 90.9 cm³/mol. The second kappa shape index (κ2) is 6.37. The molecule has 0 saturated carbocycles. The average molecular weight is 330 g/mol. The van der Waals surface area contributed by atoms with Gasteiger partial charge in [-0.2, -0.15) is 0 Å². The molecule has 1 spiro atoms. The first-order valence-electron chi connectivity index (χ1n) is 9.10. The molecule has 5 nitrogen and oxygen atoms in total. The maximum absolute atomic E-state index is 12.6. The second-order valence-electron chi connectivity index (χ2n) is 7.38. The molecule has 0 bridgehead atoms. The zero-order chi connectivity index (χ0) is 16.6. The number of urea groups is 1. The SMILES string of the molecule is O=C(NC1Cc2ccccc2C1)N1CCC2(CC1)OCCCC2O. The van der Waals surface area contributed by atoms with Gasteiger partial charge in [0.25, 0.3) is 0 Å². The molecule has 4 rings (SSSR count). The van der Waals surface area contributed by atoms with Crippen molar-refractivity contribution >= 4 is 6.03 Å². The van der Waals surface area contributed by atoms with Crippen molar-refractivity contribution in [2.24, 2.45) is 0 Å². The number of hydrogen-bond donors (Lipinski definition) is 2. The van der Waals surface area contributed by atoms with Crippen LogP contribution in [0.1, 0.15) is 36.8 Å². The number of benzene rings is 1. The third-order valence-corrected chi connectivity index (χ3v) is 5.89. The van der Waals surface area contributed by atoms with Crippen molar-refractivity contribution in [3.05, 3.63) is 35.4 Å². The summed E-state index contributed by atoms with van der Waals surface area (Å²) in [7, 11) is 0. The number of nitrogens with one attached hydrogen (secondary N) is 1. The Bertz CT molecular complexity index is 585. The Morgan fingerprint density at radius 2 is 1.88 bits per heavy atom. The van der Waals surface area contributed by atoms with E-state index in [0.717, 1.165) is 45.1 Å². The molecule has 2 heterocycles. The Balaban J connectivity index is 1.31. The fourth-order valence-corrected chi connectivity index (χ4v) is 4.40. The molecular formula is C19H26N2O3. The Kier molecular flexibility index (Phi) is 4.22. The maximum Gasteiger partial charge on any atom is 0.317 e. The van der Waals surface area contributed by atoms with E-state index in [9.17, 15) is 9.90 Å². The van der Waals surface area contributed by atoms with Crippen molar-refractivity contribution in [3.63, 3.8) is 0 Å². The zero-order valence-electron chi connectivity index (χ0n) is 14.0. The Morgan fingerprint density at radius 3 is 2.50 bits per heavy atom. The summed E-state index contributed by atoms with van der Waals surface area (Å²) in [5.74, 6) is 0. The molecule has 130 valence electrons. The number of amides is 2. The van der Waals surface area contributed by atoms with Crippen molar-refractivity contribution in [1.29, 1.82) is 0 Å². The first kappa shape index (κ1) is 15.9. The van der Waals surface area contributed by atoms with Gasteiger partial charge in [0.1, 0.15) is 0 Å². The summed E-state index contributed by atoms with van der Waals surface area (Å²) in [5.41, 5.74) is 2.27. The standard InChI is InChI=1S/C19H26N2O3/c22-17-6-3-11-24-19(17)7-9-21(10-8-19)18(23)20-16-12-14-4-1-2-5-15(14)13-16/h1-2,4-5,16-17,22H,3,6-13H2,(H,20,23). The normalized spacial score (nSPS) is 26.4. The largest absolute Gasteiger partial charge is 0.390 e. The Hall–Kier alpha value is -1.59. The molecular weight excluding hydrogens is 304 g/mol. The topological polar surface area (TPSA) is 61.8 Å². The van der Waals surface area contributed by atoms with Crippen molar-refractivity contribution in [3.8, 4) is 0 Å². The highest BCUT2D eigenvalue weighted by Crippen LogP contribution is 2.35. The number of carbonyl (C=O) groups excluding carboxylic acids is 1. The number of carbonyl (C=O) groups is 1. The van der Waals surface area contributed by atoms with Gasteiger partial charge in [-0.25, -0.2) is 4.79 Å². The summed E-state index contributed by atoms with van der Waals surface area (Å²) in [6, 6.07) is 8.63. The van der Waals surface area contributed by atoms with Crippen LogP contribution in [-0.4, -0.2) is 53.5 Å². The van der Waals surface area contributed by atoms with Gasteiger partial charge >= 0.3 is 6.03 Å². The lowest BCUT2D eigenvalue weighted by molar-refractivity contribution is -0.173. The summed E-state index contributed by atoms with van der Waals surface area (Å²) in [5, 5.41) is 13.5. The van der Waals surface area contributed by atoms with E-state index in [1.807, 2.05) is 4.90 Å². The highest BCUT2D eigenvalue weighted by atomic mass is 16.5. The fraction of sp³-hybridized carbons (Fsp3) is 0.632. The molecule has 1 aromatic rings. The summed E-state index contributed by atoms with van der Waals surface area (Å²) >= 11 is 0. The van der Waals surface area contributed by atoms with Crippen molar-refractivity contribution in [2.75, 3.05) is 19.7 Å². The van der Waals surface area contributed by atoms with Crippen molar-refractivity contribution < 1.29 is 14.6 Å². The molecule has 3 aliphatic rings. The summed E-state index contributed by atoms with van der Waals surface area (Å²) in [6.07, 6.45) is 4.64. The number of fused-ring (bicyclic) bond motifs is 1. The lowest BCUT2D eigenvalue weighted by Crippen LogP contribution is -2.58. The minimum Gasteiger partial charge on any atom is -0.390 e. The molecule has 0 radical (unpaired) electrons. The molecule has 1 atom stereocenters. The number of nitrogens with zero attached hydrogens (tertiary/aromatic N) is 1. The molecule has 5 heteroatoms. The Labute approximate surface area is 143 Å². The van der Waals surface area contributed by atoms with Crippen LogP contribution in [0.15, 0.2) is 24.3 Å². The lowest BCUT2D eigenvalue weighted by Gasteiger charge is -2.46. The van der Waals surface area contributed by atoms with Crippen molar-refractivity contribution in [2.45, 2.75) is 56.3 Å². The molecule has 1 aliphatic carbocycles. The molecule has 24 heavy (non-hydrogen) atoms. The number of ether oxygens (including phenoxy) is 1. The van der Waals surface area contributed by atoms with Gasteiger partial charge in [-0.1, -0.05) is 24.3 Å². The van der Waals surface area contributed by atoms with E-state index in [0.29, 0.717) is 13.1 Å². The minimum absolute atomic E-state index is 0.0213. The molecule has 0 aromatic heterocycles. The van der Waals surface area contributed by atoms with Gasteiger partial charge in [0.2, 0.25) is 0 Å². The Morgan fingerprint density at radius 1 is 1.21 bits per heavy atom. The van der Waals surface area contributed by atoms with Crippen LogP contribution in [0.3, 0.4) is 0 Å². The van der Waals surface area contributed by atoms with Crippen LogP contribution >= 0.6 is 0 Å². The van der Waals surface area contributed by atoms with Crippen LogP contribution in [0.25, 0.3) is 0 Å². The monoisotopic (exact) mass is 330 g/mol. The van der Waals surface area contributed by atoms with Crippen LogP contribution in [0.5, 0.6) is 0 Å².